The Hall–Kier alpha value is -3.26. The van der Waals surface area contributed by atoms with Gasteiger partial charge in [-0.1, -0.05) is 38.1 Å². The third kappa shape index (κ3) is 5.68. The Kier molecular flexibility index (Phi) is 9.06. The summed E-state index contributed by atoms with van der Waals surface area (Å²) >= 11 is 0. The van der Waals surface area contributed by atoms with Gasteiger partial charge in [-0.25, -0.2) is 9.37 Å². The van der Waals surface area contributed by atoms with Gasteiger partial charge < -0.3 is 14.2 Å². The Balaban J connectivity index is 1.18. The highest BCUT2D eigenvalue weighted by atomic mass is 19.1. The summed E-state index contributed by atoms with van der Waals surface area (Å²) in [5.74, 6) is 0.340. The average molecular weight is 617 g/mol. The summed E-state index contributed by atoms with van der Waals surface area (Å²) in [4.78, 5) is 36.3. The topological polar surface area (TPSA) is 67.7 Å². The SMILES string of the molecule is CCOC(=O)C(CC)(CC)C(=O)N1CCC(CCN2[C@@H]3CC[C@H]2CC(n2c(C)nc4ccccc42)C3)(c2cccc(F)c2)CC1. The van der Waals surface area contributed by atoms with E-state index in [4.69, 9.17) is 9.72 Å². The molecule has 45 heavy (non-hydrogen) atoms. The summed E-state index contributed by atoms with van der Waals surface area (Å²) in [6.45, 7) is 10.0. The van der Waals surface area contributed by atoms with Gasteiger partial charge in [-0.2, -0.15) is 0 Å². The molecule has 0 radical (unpaired) electrons. The Morgan fingerprint density at radius 1 is 0.978 bits per heavy atom. The van der Waals surface area contributed by atoms with Crippen LogP contribution in [0.4, 0.5) is 4.39 Å². The van der Waals surface area contributed by atoms with Crippen LogP contribution in [0.3, 0.4) is 0 Å². The van der Waals surface area contributed by atoms with Gasteiger partial charge in [0.15, 0.2) is 0 Å². The summed E-state index contributed by atoms with van der Waals surface area (Å²) in [5, 5.41) is 0. The van der Waals surface area contributed by atoms with E-state index in [2.05, 4.69) is 46.7 Å². The van der Waals surface area contributed by atoms with Crippen molar-refractivity contribution in [2.45, 2.75) is 109 Å². The number of likely N-dealkylation sites (tertiary alicyclic amines) is 1. The molecule has 1 amide bonds. The first-order chi connectivity index (χ1) is 21.7. The predicted octanol–water partition coefficient (Wildman–Crippen LogP) is 6.97. The van der Waals surface area contributed by atoms with Crippen molar-refractivity contribution in [1.82, 2.24) is 19.4 Å². The fourth-order valence-corrected chi connectivity index (χ4v) is 8.93. The van der Waals surface area contributed by atoms with E-state index in [0.29, 0.717) is 44.1 Å². The number of carbonyl (C=O) groups excluding carboxylic acids is 2. The lowest BCUT2D eigenvalue weighted by molar-refractivity contribution is -0.166. The molecule has 2 aromatic carbocycles. The Bertz CT molecular complexity index is 1510. The minimum atomic E-state index is -1.14. The van der Waals surface area contributed by atoms with Gasteiger partial charge in [0.05, 0.1) is 17.6 Å². The van der Waals surface area contributed by atoms with E-state index in [0.717, 1.165) is 55.6 Å². The number of rotatable bonds is 10. The summed E-state index contributed by atoms with van der Waals surface area (Å²) in [6, 6.07) is 17.1. The fourth-order valence-electron chi connectivity index (χ4n) is 8.93. The van der Waals surface area contributed by atoms with Gasteiger partial charge in [-0.3, -0.25) is 14.5 Å². The van der Waals surface area contributed by atoms with Crippen molar-refractivity contribution < 1.29 is 18.7 Å². The minimum Gasteiger partial charge on any atom is -0.465 e. The molecule has 1 unspecified atom stereocenters. The molecule has 242 valence electrons. The van der Waals surface area contributed by atoms with E-state index in [1.165, 1.54) is 24.4 Å². The molecular formula is C37H49FN4O3. The molecule has 0 aliphatic carbocycles. The molecule has 3 aromatic rings. The van der Waals surface area contributed by atoms with Crippen LogP contribution in [0.15, 0.2) is 48.5 Å². The first kappa shape index (κ1) is 31.7. The number of fused-ring (bicyclic) bond motifs is 3. The second-order valence-electron chi connectivity index (χ2n) is 13.6. The number of hydrogen-bond donors (Lipinski definition) is 0. The number of esters is 1. The zero-order chi connectivity index (χ0) is 31.8. The standard InChI is InChI=1S/C37H49FN4O3/c1-5-37(6-2,35(44)45-7-3)34(43)40-20-17-36(18-21-40,27-11-10-12-28(38)23-27)19-22-41-29-15-16-30(41)25-31(24-29)42-26(4)39-32-13-8-9-14-33(32)42/h8-14,23,29-31H,5-7,15-22,24-25H2,1-4H3/t29-,30+,31?. The molecule has 8 heteroatoms. The van der Waals surface area contributed by atoms with Gasteiger partial charge in [0.1, 0.15) is 17.1 Å². The van der Waals surface area contributed by atoms with Gasteiger partial charge in [-0.15, -0.1) is 0 Å². The van der Waals surface area contributed by atoms with E-state index < -0.39 is 11.4 Å². The molecule has 6 rings (SSSR count). The number of aromatic nitrogens is 2. The number of nitrogens with zero attached hydrogens (tertiary/aromatic N) is 4. The quantitative estimate of drug-likeness (QED) is 0.182. The average Bonchev–Trinajstić information content (AvgIpc) is 3.51. The first-order valence-electron chi connectivity index (χ1n) is 17.2. The maximum absolute atomic E-state index is 14.6. The maximum atomic E-state index is 14.6. The number of carbonyl (C=O) groups is 2. The molecule has 2 bridgehead atoms. The Morgan fingerprint density at radius 2 is 1.67 bits per heavy atom. The van der Waals surface area contributed by atoms with Crippen LogP contribution in [0.25, 0.3) is 11.0 Å². The van der Waals surface area contributed by atoms with Crippen molar-refractivity contribution in [3.8, 4) is 0 Å². The smallest absolute Gasteiger partial charge is 0.321 e. The van der Waals surface area contributed by atoms with Crippen molar-refractivity contribution in [2.24, 2.45) is 5.41 Å². The number of ether oxygens (including phenoxy) is 1. The van der Waals surface area contributed by atoms with Crippen molar-refractivity contribution in [3.63, 3.8) is 0 Å². The molecule has 0 saturated carbocycles. The van der Waals surface area contributed by atoms with Gasteiger partial charge in [0.2, 0.25) is 5.91 Å². The van der Waals surface area contributed by atoms with Crippen LogP contribution in [-0.4, -0.2) is 69.6 Å². The van der Waals surface area contributed by atoms with Crippen LogP contribution in [0.2, 0.25) is 0 Å². The number of benzene rings is 2. The van der Waals surface area contributed by atoms with E-state index in [1.54, 1.807) is 13.0 Å². The molecule has 0 spiro atoms. The Morgan fingerprint density at radius 3 is 2.31 bits per heavy atom. The molecule has 3 saturated heterocycles. The van der Waals surface area contributed by atoms with E-state index in [-0.39, 0.29) is 23.7 Å². The maximum Gasteiger partial charge on any atom is 0.321 e. The molecule has 3 atom stereocenters. The van der Waals surface area contributed by atoms with E-state index in [9.17, 15) is 14.0 Å². The lowest BCUT2D eigenvalue weighted by Gasteiger charge is -2.46. The predicted molar refractivity (Wildman–Crippen MR) is 174 cm³/mol. The van der Waals surface area contributed by atoms with Crippen molar-refractivity contribution in [3.05, 3.63) is 65.7 Å². The minimum absolute atomic E-state index is 0.124. The van der Waals surface area contributed by atoms with Gasteiger partial charge >= 0.3 is 5.97 Å². The fraction of sp³-hybridized carbons (Fsp3) is 0.595. The molecule has 7 nitrogen and oxygen atoms in total. The largest absolute Gasteiger partial charge is 0.465 e. The summed E-state index contributed by atoms with van der Waals surface area (Å²) in [5.41, 5.74) is 1.97. The van der Waals surface area contributed by atoms with Crippen molar-refractivity contribution in [1.29, 1.82) is 0 Å². The number of hydrogen-bond acceptors (Lipinski definition) is 5. The van der Waals surface area contributed by atoms with E-state index in [1.807, 2.05) is 24.8 Å². The molecule has 3 aliphatic heterocycles. The summed E-state index contributed by atoms with van der Waals surface area (Å²) in [6.07, 6.45) is 7.93. The van der Waals surface area contributed by atoms with Crippen LogP contribution >= 0.6 is 0 Å². The molecule has 1 aromatic heterocycles. The Labute approximate surface area is 267 Å². The second kappa shape index (κ2) is 12.9. The summed E-state index contributed by atoms with van der Waals surface area (Å²) < 4.78 is 22.5. The van der Waals surface area contributed by atoms with Crippen LogP contribution < -0.4 is 0 Å². The zero-order valence-electron chi connectivity index (χ0n) is 27.4. The molecular weight excluding hydrogens is 567 g/mol. The summed E-state index contributed by atoms with van der Waals surface area (Å²) in [7, 11) is 0. The highest BCUT2D eigenvalue weighted by Gasteiger charge is 2.49. The van der Waals surface area contributed by atoms with Crippen LogP contribution in [0, 0.1) is 18.2 Å². The molecule has 4 heterocycles. The second-order valence-corrected chi connectivity index (χ2v) is 13.6. The number of piperidine rings is 2. The highest BCUT2D eigenvalue weighted by Crippen LogP contribution is 2.45. The third-order valence-electron chi connectivity index (χ3n) is 11.6. The van der Waals surface area contributed by atoms with Crippen molar-refractivity contribution >= 4 is 22.9 Å². The third-order valence-corrected chi connectivity index (χ3v) is 11.6. The number of para-hydroxylation sites is 2. The van der Waals surface area contributed by atoms with Gasteiger partial charge in [-0.05, 0) is 113 Å². The van der Waals surface area contributed by atoms with Crippen LogP contribution in [0.5, 0.6) is 0 Å². The molecule has 3 aliphatic rings. The van der Waals surface area contributed by atoms with E-state index >= 15 is 0 Å². The normalized spacial score (nSPS) is 23.4. The first-order valence-corrected chi connectivity index (χ1v) is 17.2. The highest BCUT2D eigenvalue weighted by molar-refractivity contribution is 6.02. The van der Waals surface area contributed by atoms with Crippen LogP contribution in [-0.2, 0) is 19.7 Å². The van der Waals surface area contributed by atoms with Crippen molar-refractivity contribution in [2.75, 3.05) is 26.2 Å². The molecule has 0 N–H and O–H groups in total. The lowest BCUT2D eigenvalue weighted by Crippen LogP contribution is -2.54. The molecule has 3 fully saturated rings. The number of imidazole rings is 1. The van der Waals surface area contributed by atoms with Gasteiger partial charge in [0.25, 0.3) is 0 Å². The lowest BCUT2D eigenvalue weighted by atomic mass is 9.69. The number of halogens is 1. The zero-order valence-corrected chi connectivity index (χ0v) is 27.4. The number of aryl methyl sites for hydroxylation is 1. The monoisotopic (exact) mass is 616 g/mol. The van der Waals surface area contributed by atoms with Gasteiger partial charge in [0, 0.05) is 31.2 Å². The number of amides is 1. The van der Waals surface area contributed by atoms with Crippen LogP contribution in [0.1, 0.15) is 96.0 Å².